The molecule has 2 aromatic rings. The van der Waals surface area contributed by atoms with Gasteiger partial charge in [0.25, 0.3) is 0 Å². The highest BCUT2D eigenvalue weighted by molar-refractivity contribution is 6.31. The lowest BCUT2D eigenvalue weighted by Gasteiger charge is -2.20. The second-order valence-electron chi connectivity index (χ2n) is 4.75. The number of rotatable bonds is 5. The van der Waals surface area contributed by atoms with Crippen molar-refractivity contribution in [1.29, 1.82) is 0 Å². The van der Waals surface area contributed by atoms with Gasteiger partial charge in [0.1, 0.15) is 0 Å². The standard InChI is InChI=1S/C17H15Cl2NO2/c1-20(16(21)9-10-18)15-8-7-13(19)11-14(15)17(22)12-5-3-2-4-6-12/h2-8,11H,9-10H2,1H3. The number of benzene rings is 2. The molecule has 2 rings (SSSR count). The molecule has 0 unspecified atom stereocenters. The van der Waals surface area contributed by atoms with E-state index in [9.17, 15) is 9.59 Å². The molecule has 0 aliphatic heterocycles. The quantitative estimate of drug-likeness (QED) is 0.607. The minimum absolute atomic E-state index is 0.153. The van der Waals surface area contributed by atoms with Gasteiger partial charge in [-0.05, 0) is 18.2 Å². The van der Waals surface area contributed by atoms with E-state index in [-0.39, 0.29) is 24.0 Å². The van der Waals surface area contributed by atoms with Crippen LogP contribution in [0.5, 0.6) is 0 Å². The number of carbonyl (C=O) groups excluding carboxylic acids is 2. The van der Waals surface area contributed by atoms with Crippen molar-refractivity contribution in [3.05, 3.63) is 64.7 Å². The summed E-state index contributed by atoms with van der Waals surface area (Å²) in [6.07, 6.45) is 0.208. The number of alkyl halides is 1. The van der Waals surface area contributed by atoms with Gasteiger partial charge in [0.05, 0.1) is 5.69 Å². The van der Waals surface area contributed by atoms with E-state index in [0.29, 0.717) is 21.8 Å². The fourth-order valence-electron chi connectivity index (χ4n) is 2.11. The minimum Gasteiger partial charge on any atom is -0.315 e. The lowest BCUT2D eigenvalue weighted by Crippen LogP contribution is -2.28. The first-order valence-corrected chi connectivity index (χ1v) is 7.67. The van der Waals surface area contributed by atoms with Crippen LogP contribution >= 0.6 is 23.2 Å². The molecule has 5 heteroatoms. The molecule has 0 aliphatic rings. The molecule has 0 spiro atoms. The number of anilines is 1. The molecule has 0 atom stereocenters. The number of carbonyl (C=O) groups is 2. The lowest BCUT2D eigenvalue weighted by molar-refractivity contribution is -0.117. The third kappa shape index (κ3) is 3.67. The van der Waals surface area contributed by atoms with Crippen LogP contribution in [0.1, 0.15) is 22.3 Å². The van der Waals surface area contributed by atoms with Crippen molar-refractivity contribution < 1.29 is 9.59 Å². The highest BCUT2D eigenvalue weighted by Crippen LogP contribution is 2.26. The van der Waals surface area contributed by atoms with Crippen molar-refractivity contribution in [2.45, 2.75) is 6.42 Å². The summed E-state index contributed by atoms with van der Waals surface area (Å²) >= 11 is 11.6. The van der Waals surface area contributed by atoms with Crippen molar-refractivity contribution in [1.82, 2.24) is 0 Å². The Kier molecular flexibility index (Phi) is 5.58. The van der Waals surface area contributed by atoms with Gasteiger partial charge in [-0.1, -0.05) is 41.9 Å². The highest BCUT2D eigenvalue weighted by Gasteiger charge is 2.19. The Morgan fingerprint density at radius 1 is 1.09 bits per heavy atom. The molecule has 0 N–H and O–H groups in total. The molecule has 2 aromatic carbocycles. The smallest absolute Gasteiger partial charge is 0.227 e. The summed E-state index contributed by atoms with van der Waals surface area (Å²) in [5.74, 6) is -0.0957. The van der Waals surface area contributed by atoms with Crippen LogP contribution in [0.2, 0.25) is 5.02 Å². The normalized spacial score (nSPS) is 10.3. The van der Waals surface area contributed by atoms with Crippen LogP contribution < -0.4 is 4.90 Å². The van der Waals surface area contributed by atoms with Gasteiger partial charge in [-0.25, -0.2) is 0 Å². The molecule has 0 aromatic heterocycles. The Balaban J connectivity index is 2.44. The molecule has 1 amide bonds. The van der Waals surface area contributed by atoms with Gasteiger partial charge in [-0.3, -0.25) is 9.59 Å². The average molecular weight is 336 g/mol. The molecule has 0 bridgehead atoms. The molecule has 114 valence electrons. The number of hydrogen-bond donors (Lipinski definition) is 0. The Bertz CT molecular complexity index is 686. The Morgan fingerprint density at radius 2 is 1.77 bits per heavy atom. The Labute approximate surface area is 139 Å². The number of nitrogens with zero attached hydrogens (tertiary/aromatic N) is 1. The summed E-state index contributed by atoms with van der Waals surface area (Å²) in [7, 11) is 1.62. The zero-order valence-electron chi connectivity index (χ0n) is 12.1. The van der Waals surface area contributed by atoms with E-state index in [1.807, 2.05) is 6.07 Å². The van der Waals surface area contributed by atoms with E-state index in [1.54, 1.807) is 49.5 Å². The molecular formula is C17H15Cl2NO2. The van der Waals surface area contributed by atoms with Gasteiger partial charge in [-0.2, -0.15) is 0 Å². The molecule has 0 fully saturated rings. The van der Waals surface area contributed by atoms with Gasteiger partial charge in [-0.15, -0.1) is 11.6 Å². The molecule has 0 aliphatic carbocycles. The van der Waals surface area contributed by atoms with E-state index in [0.717, 1.165) is 0 Å². The van der Waals surface area contributed by atoms with Crippen molar-refractivity contribution in [2.75, 3.05) is 17.8 Å². The molecule has 3 nitrogen and oxygen atoms in total. The predicted octanol–water partition coefficient (Wildman–Crippen LogP) is 4.16. The van der Waals surface area contributed by atoms with Crippen molar-refractivity contribution in [2.24, 2.45) is 0 Å². The minimum atomic E-state index is -0.177. The maximum absolute atomic E-state index is 12.7. The molecule has 22 heavy (non-hydrogen) atoms. The van der Waals surface area contributed by atoms with Crippen molar-refractivity contribution in [3.63, 3.8) is 0 Å². The van der Waals surface area contributed by atoms with E-state index >= 15 is 0 Å². The van der Waals surface area contributed by atoms with E-state index in [2.05, 4.69) is 0 Å². The van der Waals surface area contributed by atoms with Gasteiger partial charge < -0.3 is 4.90 Å². The fourth-order valence-corrected chi connectivity index (χ4v) is 2.44. The summed E-state index contributed by atoms with van der Waals surface area (Å²) in [6, 6.07) is 13.8. The summed E-state index contributed by atoms with van der Waals surface area (Å²) in [5.41, 5.74) is 1.46. The first-order chi connectivity index (χ1) is 10.5. The zero-order valence-corrected chi connectivity index (χ0v) is 13.6. The average Bonchev–Trinajstić information content (AvgIpc) is 2.54. The zero-order chi connectivity index (χ0) is 16.1. The third-order valence-electron chi connectivity index (χ3n) is 3.28. The second-order valence-corrected chi connectivity index (χ2v) is 5.56. The van der Waals surface area contributed by atoms with Crippen LogP contribution in [0.3, 0.4) is 0 Å². The highest BCUT2D eigenvalue weighted by atomic mass is 35.5. The van der Waals surface area contributed by atoms with Gasteiger partial charge in [0, 0.05) is 35.5 Å². The Morgan fingerprint density at radius 3 is 2.41 bits per heavy atom. The fraction of sp³-hybridized carbons (Fsp3) is 0.176. The second kappa shape index (κ2) is 7.43. The number of amides is 1. The van der Waals surface area contributed by atoms with Crippen LogP contribution in [0, 0.1) is 0 Å². The van der Waals surface area contributed by atoms with E-state index in [4.69, 9.17) is 23.2 Å². The largest absolute Gasteiger partial charge is 0.315 e. The maximum atomic E-state index is 12.7. The molecule has 0 saturated carbocycles. The summed E-state index contributed by atoms with van der Waals surface area (Å²) in [6.45, 7) is 0. The van der Waals surface area contributed by atoms with Gasteiger partial charge >= 0.3 is 0 Å². The van der Waals surface area contributed by atoms with Crippen LogP contribution in [-0.2, 0) is 4.79 Å². The van der Waals surface area contributed by atoms with Crippen molar-refractivity contribution >= 4 is 40.6 Å². The van der Waals surface area contributed by atoms with Gasteiger partial charge in [0.2, 0.25) is 5.91 Å². The third-order valence-corrected chi connectivity index (χ3v) is 3.71. The molecular weight excluding hydrogens is 321 g/mol. The number of halogens is 2. The van der Waals surface area contributed by atoms with Crippen molar-refractivity contribution in [3.8, 4) is 0 Å². The van der Waals surface area contributed by atoms with Crippen LogP contribution in [0.25, 0.3) is 0 Å². The first kappa shape index (κ1) is 16.5. The first-order valence-electron chi connectivity index (χ1n) is 6.76. The lowest BCUT2D eigenvalue weighted by atomic mass is 10.0. The topological polar surface area (TPSA) is 37.4 Å². The number of hydrogen-bond acceptors (Lipinski definition) is 2. The molecule has 0 heterocycles. The van der Waals surface area contributed by atoms with Crippen LogP contribution in [-0.4, -0.2) is 24.6 Å². The van der Waals surface area contributed by atoms with E-state index in [1.165, 1.54) is 4.90 Å². The molecule has 0 radical (unpaired) electrons. The SMILES string of the molecule is CN(C(=O)CCCl)c1ccc(Cl)cc1C(=O)c1ccccc1. The van der Waals surface area contributed by atoms with E-state index < -0.39 is 0 Å². The summed E-state index contributed by atoms with van der Waals surface area (Å²) in [5, 5.41) is 0.446. The summed E-state index contributed by atoms with van der Waals surface area (Å²) < 4.78 is 0. The predicted molar refractivity (Wildman–Crippen MR) is 90.1 cm³/mol. The molecule has 0 saturated heterocycles. The van der Waals surface area contributed by atoms with Crippen LogP contribution in [0.15, 0.2) is 48.5 Å². The van der Waals surface area contributed by atoms with Gasteiger partial charge in [0.15, 0.2) is 5.78 Å². The van der Waals surface area contributed by atoms with Crippen LogP contribution in [0.4, 0.5) is 5.69 Å². The number of ketones is 1. The maximum Gasteiger partial charge on any atom is 0.227 e. The summed E-state index contributed by atoms with van der Waals surface area (Å²) in [4.78, 5) is 26.2. The Hall–Kier alpha value is -1.84. The monoisotopic (exact) mass is 335 g/mol.